The number of thioether (sulfide) groups is 1. The van der Waals surface area contributed by atoms with E-state index in [1.54, 1.807) is 29.2 Å². The van der Waals surface area contributed by atoms with Gasteiger partial charge in [-0.2, -0.15) is 11.8 Å². The number of thiophene rings is 1. The van der Waals surface area contributed by atoms with Gasteiger partial charge in [-0.25, -0.2) is 0 Å². The molecule has 21 heavy (non-hydrogen) atoms. The fraction of sp³-hybridized carbons (Fsp3) is 0.214. The number of carbonyl (C=O) groups excluding carboxylic acids is 1. The Hall–Kier alpha value is -1.86. The molecule has 0 bridgehead atoms. The highest BCUT2D eigenvalue weighted by Gasteiger charge is 2.10. The predicted octanol–water partition coefficient (Wildman–Crippen LogP) is 3.32. The molecule has 2 aromatic rings. The molecule has 1 amide bonds. The Kier molecular flexibility index (Phi) is 5.77. The van der Waals surface area contributed by atoms with Crippen molar-refractivity contribution in [3.8, 4) is 0 Å². The summed E-state index contributed by atoms with van der Waals surface area (Å²) in [5.41, 5.74) is 0.238. The fourth-order valence-corrected chi connectivity index (χ4v) is 3.37. The van der Waals surface area contributed by atoms with Crippen LogP contribution in [0.3, 0.4) is 0 Å². The predicted molar refractivity (Wildman–Crippen MR) is 85.9 cm³/mol. The van der Waals surface area contributed by atoms with Gasteiger partial charge < -0.3 is 5.32 Å². The summed E-state index contributed by atoms with van der Waals surface area (Å²) in [6.45, 7) is 0.539. The Bertz CT molecular complexity index is 614. The number of amides is 1. The van der Waals surface area contributed by atoms with Crippen molar-refractivity contribution in [3.05, 3.63) is 62.3 Å². The molecular weight excluding hydrogens is 308 g/mol. The summed E-state index contributed by atoms with van der Waals surface area (Å²) in [5, 5.41) is 15.5. The highest BCUT2D eigenvalue weighted by molar-refractivity contribution is 7.98. The number of benzene rings is 1. The first-order chi connectivity index (χ1) is 10.2. The van der Waals surface area contributed by atoms with Gasteiger partial charge in [0.1, 0.15) is 0 Å². The zero-order valence-corrected chi connectivity index (χ0v) is 12.8. The highest BCUT2D eigenvalue weighted by Crippen LogP contribution is 2.16. The Balaban J connectivity index is 1.74. The minimum atomic E-state index is -0.506. The molecule has 7 heteroatoms. The summed E-state index contributed by atoms with van der Waals surface area (Å²) in [6.07, 6.45) is 0. The van der Waals surface area contributed by atoms with Gasteiger partial charge in [0, 0.05) is 40.6 Å². The molecular formula is C14H14N2O3S2. The summed E-state index contributed by atoms with van der Waals surface area (Å²) in [4.78, 5) is 23.3. The normalized spacial score (nSPS) is 10.3. The summed E-state index contributed by atoms with van der Waals surface area (Å²) in [5.74, 6) is 1.46. The van der Waals surface area contributed by atoms with E-state index >= 15 is 0 Å². The van der Waals surface area contributed by atoms with Crippen LogP contribution in [0.5, 0.6) is 0 Å². The molecule has 0 aliphatic carbocycles. The van der Waals surface area contributed by atoms with Crippen molar-refractivity contribution in [2.45, 2.75) is 5.75 Å². The standard InChI is InChI=1S/C14H14N2O3S2/c17-14(11-3-1-4-12(9-11)16(18)19)15-6-8-20-10-13-5-2-7-21-13/h1-5,7,9H,6,8,10H2,(H,15,17). The Morgan fingerprint density at radius 2 is 2.19 bits per heavy atom. The van der Waals surface area contributed by atoms with E-state index in [-0.39, 0.29) is 11.6 Å². The zero-order valence-electron chi connectivity index (χ0n) is 11.2. The number of nitro benzene ring substituents is 1. The van der Waals surface area contributed by atoms with Crippen LogP contribution in [0.4, 0.5) is 5.69 Å². The molecule has 1 N–H and O–H groups in total. The van der Waals surface area contributed by atoms with Gasteiger partial charge in [-0.1, -0.05) is 12.1 Å². The number of non-ortho nitro benzene ring substituents is 1. The number of nitro groups is 1. The number of nitrogens with zero attached hydrogens (tertiary/aromatic N) is 1. The molecule has 1 aromatic carbocycles. The van der Waals surface area contributed by atoms with Crippen LogP contribution in [0.1, 0.15) is 15.2 Å². The lowest BCUT2D eigenvalue weighted by Gasteiger charge is -2.04. The molecule has 0 unspecified atom stereocenters. The lowest BCUT2D eigenvalue weighted by Crippen LogP contribution is -2.25. The van der Waals surface area contributed by atoms with Crippen LogP contribution in [0.15, 0.2) is 41.8 Å². The molecule has 0 radical (unpaired) electrons. The van der Waals surface area contributed by atoms with Crippen molar-refractivity contribution in [1.82, 2.24) is 5.32 Å². The number of nitrogens with one attached hydrogen (secondary N) is 1. The first-order valence-corrected chi connectivity index (χ1v) is 8.33. The molecule has 0 saturated heterocycles. The summed E-state index contributed by atoms with van der Waals surface area (Å²) in [6, 6.07) is 9.84. The maximum Gasteiger partial charge on any atom is 0.270 e. The third-order valence-corrected chi connectivity index (χ3v) is 4.74. The lowest BCUT2D eigenvalue weighted by molar-refractivity contribution is -0.384. The van der Waals surface area contributed by atoms with Crippen LogP contribution in [-0.2, 0) is 5.75 Å². The number of hydrogen-bond acceptors (Lipinski definition) is 5. The molecule has 0 fully saturated rings. The van der Waals surface area contributed by atoms with E-state index in [1.165, 1.54) is 23.1 Å². The van der Waals surface area contributed by atoms with Gasteiger partial charge >= 0.3 is 0 Å². The highest BCUT2D eigenvalue weighted by atomic mass is 32.2. The molecule has 0 atom stereocenters. The van der Waals surface area contributed by atoms with E-state index < -0.39 is 4.92 Å². The van der Waals surface area contributed by atoms with E-state index in [0.717, 1.165) is 11.5 Å². The van der Waals surface area contributed by atoms with E-state index in [0.29, 0.717) is 12.1 Å². The van der Waals surface area contributed by atoms with Crippen molar-refractivity contribution in [3.63, 3.8) is 0 Å². The molecule has 1 aromatic heterocycles. The van der Waals surface area contributed by atoms with Gasteiger partial charge in [-0.05, 0) is 17.5 Å². The molecule has 1 heterocycles. The third-order valence-electron chi connectivity index (χ3n) is 2.68. The number of rotatable bonds is 7. The third kappa shape index (κ3) is 4.87. The monoisotopic (exact) mass is 322 g/mol. The second-order valence-corrected chi connectivity index (χ2v) is 6.33. The van der Waals surface area contributed by atoms with Gasteiger partial charge in [0.15, 0.2) is 0 Å². The molecule has 0 saturated carbocycles. The van der Waals surface area contributed by atoms with Crippen LogP contribution >= 0.6 is 23.1 Å². The summed E-state index contributed by atoms with van der Waals surface area (Å²) >= 11 is 3.46. The van der Waals surface area contributed by atoms with E-state index in [4.69, 9.17) is 0 Å². The minimum absolute atomic E-state index is 0.0743. The molecule has 0 aliphatic rings. The fourth-order valence-electron chi connectivity index (χ4n) is 1.67. The second kappa shape index (κ2) is 7.80. The van der Waals surface area contributed by atoms with Crippen LogP contribution in [0.25, 0.3) is 0 Å². The maximum atomic E-state index is 11.9. The quantitative estimate of drug-likeness (QED) is 0.482. The Morgan fingerprint density at radius 1 is 1.33 bits per heavy atom. The average Bonchev–Trinajstić information content (AvgIpc) is 3.00. The number of carbonyl (C=O) groups is 1. The molecule has 0 spiro atoms. The Morgan fingerprint density at radius 3 is 2.90 bits per heavy atom. The first kappa shape index (κ1) is 15.5. The number of hydrogen-bond donors (Lipinski definition) is 1. The molecule has 110 valence electrons. The second-order valence-electron chi connectivity index (χ2n) is 4.20. The average molecular weight is 322 g/mol. The molecule has 2 rings (SSSR count). The van der Waals surface area contributed by atoms with E-state index in [2.05, 4.69) is 11.4 Å². The van der Waals surface area contributed by atoms with Gasteiger partial charge in [-0.3, -0.25) is 14.9 Å². The van der Waals surface area contributed by atoms with Gasteiger partial charge in [-0.15, -0.1) is 11.3 Å². The molecule has 5 nitrogen and oxygen atoms in total. The van der Waals surface area contributed by atoms with Crippen LogP contribution in [0.2, 0.25) is 0 Å². The lowest BCUT2D eigenvalue weighted by atomic mass is 10.2. The maximum absolute atomic E-state index is 11.9. The van der Waals surface area contributed by atoms with E-state index in [9.17, 15) is 14.9 Å². The minimum Gasteiger partial charge on any atom is -0.351 e. The van der Waals surface area contributed by atoms with Crippen molar-refractivity contribution < 1.29 is 9.72 Å². The van der Waals surface area contributed by atoms with Crippen molar-refractivity contribution >= 4 is 34.7 Å². The van der Waals surface area contributed by atoms with E-state index in [1.807, 2.05) is 11.4 Å². The van der Waals surface area contributed by atoms with Crippen molar-refractivity contribution in [2.75, 3.05) is 12.3 Å². The van der Waals surface area contributed by atoms with Crippen LogP contribution in [-0.4, -0.2) is 23.1 Å². The van der Waals surface area contributed by atoms with Crippen LogP contribution < -0.4 is 5.32 Å². The van der Waals surface area contributed by atoms with Crippen LogP contribution in [0, 0.1) is 10.1 Å². The summed E-state index contributed by atoms with van der Waals surface area (Å²) in [7, 11) is 0. The zero-order chi connectivity index (χ0) is 15.1. The SMILES string of the molecule is O=C(NCCSCc1cccs1)c1cccc([N+](=O)[O-])c1. The van der Waals surface area contributed by atoms with Crippen molar-refractivity contribution in [1.29, 1.82) is 0 Å². The molecule has 0 aliphatic heterocycles. The van der Waals surface area contributed by atoms with Gasteiger partial charge in [0.05, 0.1) is 4.92 Å². The topological polar surface area (TPSA) is 72.2 Å². The Labute approximate surface area is 130 Å². The van der Waals surface area contributed by atoms with Crippen molar-refractivity contribution in [2.24, 2.45) is 0 Å². The summed E-state index contributed by atoms with van der Waals surface area (Å²) < 4.78 is 0. The van der Waals surface area contributed by atoms with Gasteiger partial charge in [0.2, 0.25) is 0 Å². The first-order valence-electron chi connectivity index (χ1n) is 6.29. The smallest absolute Gasteiger partial charge is 0.270 e. The largest absolute Gasteiger partial charge is 0.351 e. The van der Waals surface area contributed by atoms with Gasteiger partial charge in [0.25, 0.3) is 11.6 Å².